The van der Waals surface area contributed by atoms with E-state index in [1.807, 2.05) is 27.2 Å². The van der Waals surface area contributed by atoms with Gasteiger partial charge in [-0.05, 0) is 51.4 Å². The number of allylic oxidation sites excluding steroid dienone is 8. The second-order valence-corrected chi connectivity index (χ2v) is 17.5. The molecule has 0 aromatic heterocycles. The predicted octanol–water partition coefficient (Wildman–Crippen LogP) is 12.1. The van der Waals surface area contributed by atoms with E-state index in [9.17, 15) is 19.0 Å². The van der Waals surface area contributed by atoms with Gasteiger partial charge in [0.1, 0.15) is 19.8 Å². The Morgan fingerprint density at radius 1 is 0.554 bits per heavy atom. The van der Waals surface area contributed by atoms with Crippen molar-refractivity contribution in [2.24, 2.45) is 0 Å². The van der Waals surface area contributed by atoms with Gasteiger partial charge in [-0.15, -0.1) is 0 Å². The van der Waals surface area contributed by atoms with Crippen LogP contribution in [-0.4, -0.2) is 70.0 Å². The Morgan fingerprint density at radius 3 is 1.48 bits per heavy atom. The Balaban J connectivity index is 4.45. The molecule has 0 heterocycles. The molecule has 0 spiro atoms. The molecule has 10 heteroatoms. The number of hydrogen-bond acceptors (Lipinski definition) is 8. The molecule has 0 saturated heterocycles. The highest BCUT2D eigenvalue weighted by Crippen LogP contribution is 2.38. The molecule has 0 saturated carbocycles. The van der Waals surface area contributed by atoms with E-state index < -0.39 is 32.5 Å². The first-order valence-electron chi connectivity index (χ1n) is 22.3. The van der Waals surface area contributed by atoms with Gasteiger partial charge >= 0.3 is 11.9 Å². The standard InChI is InChI=1S/C46H84NO8P/c1-6-8-10-12-14-16-18-20-22-23-25-27-29-31-33-35-37-39-46(49)55-44(43-54-56(50,51)53-41-40-47(3,4)5)42-52-45(48)38-36-34-32-30-28-26-24-21-19-17-15-13-11-9-7-2/h14,16,20,22,25,27,31,33,44H,6-13,15,17-19,21,23-24,26,28-30,32,34-43H2,1-5H3/t44-/m1/s1. The van der Waals surface area contributed by atoms with E-state index in [4.69, 9.17) is 18.5 Å². The van der Waals surface area contributed by atoms with E-state index in [-0.39, 0.29) is 26.1 Å². The number of ether oxygens (including phenoxy) is 2. The summed E-state index contributed by atoms with van der Waals surface area (Å²) in [7, 11) is 1.13. The van der Waals surface area contributed by atoms with E-state index in [0.29, 0.717) is 23.9 Å². The number of quaternary nitrogens is 1. The first-order valence-corrected chi connectivity index (χ1v) is 23.8. The van der Waals surface area contributed by atoms with Gasteiger partial charge < -0.3 is 27.9 Å². The summed E-state index contributed by atoms with van der Waals surface area (Å²) >= 11 is 0. The summed E-state index contributed by atoms with van der Waals surface area (Å²) in [6.07, 6.45) is 44.3. The Bertz CT molecular complexity index is 1100. The minimum Gasteiger partial charge on any atom is -0.756 e. The molecule has 56 heavy (non-hydrogen) atoms. The number of phosphoric ester groups is 1. The predicted molar refractivity (Wildman–Crippen MR) is 231 cm³/mol. The van der Waals surface area contributed by atoms with Crippen molar-refractivity contribution in [1.82, 2.24) is 0 Å². The lowest BCUT2D eigenvalue weighted by molar-refractivity contribution is -0.870. The highest BCUT2D eigenvalue weighted by atomic mass is 31.2. The minimum absolute atomic E-state index is 0.0412. The Hall–Kier alpha value is -2.03. The third kappa shape index (κ3) is 41.6. The summed E-state index contributed by atoms with van der Waals surface area (Å²) in [6.45, 7) is 4.14. The van der Waals surface area contributed by atoms with E-state index in [1.165, 1.54) is 103 Å². The number of rotatable bonds is 40. The van der Waals surface area contributed by atoms with E-state index in [0.717, 1.165) is 38.5 Å². The van der Waals surface area contributed by atoms with Crippen molar-refractivity contribution >= 4 is 19.8 Å². The van der Waals surface area contributed by atoms with Crippen LogP contribution in [0.5, 0.6) is 0 Å². The van der Waals surface area contributed by atoms with Gasteiger partial charge in [-0.2, -0.15) is 0 Å². The number of carbonyl (C=O) groups is 2. The lowest BCUT2D eigenvalue weighted by Gasteiger charge is -2.28. The summed E-state index contributed by atoms with van der Waals surface area (Å²) in [5.41, 5.74) is 0. The third-order valence-electron chi connectivity index (χ3n) is 9.35. The van der Waals surface area contributed by atoms with Crippen LogP contribution in [0.4, 0.5) is 0 Å². The number of hydrogen-bond donors (Lipinski definition) is 0. The van der Waals surface area contributed by atoms with Crippen molar-refractivity contribution in [2.75, 3.05) is 47.5 Å². The van der Waals surface area contributed by atoms with Crippen LogP contribution in [0.2, 0.25) is 0 Å². The molecule has 0 fully saturated rings. The fourth-order valence-corrected chi connectivity index (χ4v) is 6.55. The topological polar surface area (TPSA) is 111 Å². The summed E-state index contributed by atoms with van der Waals surface area (Å²) < 4.78 is 33.8. The van der Waals surface area contributed by atoms with Gasteiger partial charge in [0.15, 0.2) is 6.10 Å². The summed E-state index contributed by atoms with van der Waals surface area (Å²) in [4.78, 5) is 37.5. The molecule has 9 nitrogen and oxygen atoms in total. The molecule has 0 aromatic carbocycles. The fourth-order valence-electron chi connectivity index (χ4n) is 5.82. The second kappa shape index (κ2) is 38.5. The molecule has 0 amide bonds. The molecule has 0 aromatic rings. The highest BCUT2D eigenvalue weighted by Gasteiger charge is 2.21. The van der Waals surface area contributed by atoms with Crippen LogP contribution in [0.1, 0.15) is 181 Å². The normalized spacial score (nSPS) is 14.0. The monoisotopic (exact) mass is 810 g/mol. The molecule has 0 radical (unpaired) electrons. The molecule has 0 N–H and O–H groups in total. The highest BCUT2D eigenvalue weighted by molar-refractivity contribution is 7.45. The first-order chi connectivity index (χ1) is 27.0. The molecular formula is C46H84NO8P. The van der Waals surface area contributed by atoms with Crippen LogP contribution in [0.15, 0.2) is 48.6 Å². The molecule has 1 unspecified atom stereocenters. The quantitative estimate of drug-likeness (QED) is 0.0198. The van der Waals surface area contributed by atoms with Gasteiger partial charge in [0.25, 0.3) is 7.82 Å². The maximum Gasteiger partial charge on any atom is 0.306 e. The van der Waals surface area contributed by atoms with Gasteiger partial charge in [-0.1, -0.05) is 165 Å². The molecule has 326 valence electrons. The maximum absolute atomic E-state index is 12.6. The van der Waals surface area contributed by atoms with Crippen LogP contribution in [0.25, 0.3) is 0 Å². The van der Waals surface area contributed by atoms with Gasteiger partial charge in [0, 0.05) is 12.8 Å². The van der Waals surface area contributed by atoms with Gasteiger partial charge in [0.2, 0.25) is 0 Å². The number of phosphoric acid groups is 1. The smallest absolute Gasteiger partial charge is 0.306 e. The van der Waals surface area contributed by atoms with Crippen LogP contribution in [0, 0.1) is 0 Å². The average molecular weight is 810 g/mol. The minimum atomic E-state index is -4.64. The molecule has 0 aliphatic heterocycles. The van der Waals surface area contributed by atoms with Crippen LogP contribution < -0.4 is 4.89 Å². The van der Waals surface area contributed by atoms with Crippen molar-refractivity contribution in [3.63, 3.8) is 0 Å². The number of likely N-dealkylation sites (N-methyl/N-ethyl adjacent to an activating group) is 1. The van der Waals surface area contributed by atoms with Crippen molar-refractivity contribution in [3.05, 3.63) is 48.6 Å². The van der Waals surface area contributed by atoms with Gasteiger partial charge in [-0.3, -0.25) is 14.2 Å². The average Bonchev–Trinajstić information content (AvgIpc) is 3.15. The van der Waals surface area contributed by atoms with Gasteiger partial charge in [-0.25, -0.2) is 0 Å². The molecule has 2 atom stereocenters. The number of carbonyl (C=O) groups excluding carboxylic acids is 2. The third-order valence-corrected chi connectivity index (χ3v) is 10.3. The zero-order valence-electron chi connectivity index (χ0n) is 36.6. The summed E-state index contributed by atoms with van der Waals surface area (Å²) in [5.74, 6) is -0.898. The number of unbranched alkanes of at least 4 members (excludes halogenated alkanes) is 18. The zero-order valence-corrected chi connectivity index (χ0v) is 37.5. The molecule has 0 bridgehead atoms. The lowest BCUT2D eigenvalue weighted by Crippen LogP contribution is -2.37. The van der Waals surface area contributed by atoms with Crippen LogP contribution in [0.3, 0.4) is 0 Å². The van der Waals surface area contributed by atoms with Crippen LogP contribution >= 0.6 is 7.82 Å². The van der Waals surface area contributed by atoms with Gasteiger partial charge in [0.05, 0.1) is 27.7 Å². The summed E-state index contributed by atoms with van der Waals surface area (Å²) in [6, 6.07) is 0. The molecular weight excluding hydrogens is 725 g/mol. The van der Waals surface area contributed by atoms with Crippen LogP contribution in [-0.2, 0) is 32.7 Å². The zero-order chi connectivity index (χ0) is 41.4. The summed E-state index contributed by atoms with van der Waals surface area (Å²) in [5, 5.41) is 0. The Kier molecular flexibility index (Phi) is 37.1. The first kappa shape index (κ1) is 54.0. The second-order valence-electron chi connectivity index (χ2n) is 16.1. The lowest BCUT2D eigenvalue weighted by atomic mass is 10.0. The van der Waals surface area contributed by atoms with Crippen molar-refractivity contribution in [1.29, 1.82) is 0 Å². The van der Waals surface area contributed by atoms with E-state index >= 15 is 0 Å². The Morgan fingerprint density at radius 2 is 0.982 bits per heavy atom. The molecule has 0 rings (SSSR count). The molecule has 0 aliphatic rings. The van der Waals surface area contributed by atoms with Crippen molar-refractivity contribution < 1.29 is 42.1 Å². The maximum atomic E-state index is 12.6. The SMILES string of the molecule is CCCCCC=CCC=CCC=CCC=CCCCC(=O)O[C@H](COC(=O)CCCCCCCCCCCCCCCCC)COP(=O)([O-])OCC[N+](C)(C)C. The Labute approximate surface area is 343 Å². The number of nitrogens with zero attached hydrogens (tertiary/aromatic N) is 1. The molecule has 0 aliphatic carbocycles. The number of esters is 2. The van der Waals surface area contributed by atoms with Crippen molar-refractivity contribution in [2.45, 2.75) is 187 Å². The van der Waals surface area contributed by atoms with E-state index in [2.05, 4.69) is 56.4 Å². The van der Waals surface area contributed by atoms with E-state index in [1.54, 1.807) is 0 Å². The fraction of sp³-hybridized carbons (Fsp3) is 0.783. The largest absolute Gasteiger partial charge is 0.756 e. The van der Waals surface area contributed by atoms with Crippen molar-refractivity contribution in [3.8, 4) is 0 Å².